The van der Waals surface area contributed by atoms with Crippen LogP contribution in [0.4, 0.5) is 11.5 Å². The van der Waals surface area contributed by atoms with Crippen LogP contribution in [0.3, 0.4) is 0 Å². The van der Waals surface area contributed by atoms with Gasteiger partial charge in [0.1, 0.15) is 18.0 Å². The number of hydrogen-bond donors (Lipinski definition) is 2. The Morgan fingerprint density at radius 3 is 2.38 bits per heavy atom. The lowest BCUT2D eigenvalue weighted by Crippen LogP contribution is -2.20. The maximum absolute atomic E-state index is 12.1. The first-order valence-electron chi connectivity index (χ1n) is 7.89. The predicted molar refractivity (Wildman–Crippen MR) is 95.9 cm³/mol. The number of amides is 2. The van der Waals surface area contributed by atoms with E-state index in [9.17, 15) is 9.59 Å². The van der Waals surface area contributed by atoms with Gasteiger partial charge in [-0.2, -0.15) is 9.90 Å². The quantitative estimate of drug-likeness (QED) is 0.711. The first-order valence-corrected chi connectivity index (χ1v) is 7.89. The lowest BCUT2D eigenvalue weighted by atomic mass is 10.3. The van der Waals surface area contributed by atoms with Crippen molar-refractivity contribution in [1.82, 2.24) is 15.0 Å². The van der Waals surface area contributed by atoms with Crippen LogP contribution in [0.25, 0.3) is 0 Å². The molecule has 0 saturated carbocycles. The number of rotatable bonds is 6. The van der Waals surface area contributed by atoms with Gasteiger partial charge in [0.15, 0.2) is 5.82 Å². The molecule has 0 aliphatic rings. The summed E-state index contributed by atoms with van der Waals surface area (Å²) in [5.74, 6) is 1.17. The Labute approximate surface area is 149 Å². The summed E-state index contributed by atoms with van der Waals surface area (Å²) in [6, 6.07) is 16.5. The molecule has 26 heavy (non-hydrogen) atoms. The summed E-state index contributed by atoms with van der Waals surface area (Å²) in [5.41, 5.74) is 0.629. The van der Waals surface area contributed by atoms with Crippen LogP contribution in [0, 0.1) is 0 Å². The molecular weight excluding hydrogens is 334 g/mol. The lowest BCUT2D eigenvalue weighted by Gasteiger charge is -2.08. The second-order valence-electron chi connectivity index (χ2n) is 5.43. The van der Waals surface area contributed by atoms with Gasteiger partial charge in [-0.3, -0.25) is 9.59 Å². The summed E-state index contributed by atoms with van der Waals surface area (Å²) in [6.07, 6.45) is 1.38. The molecular formula is C18H17N5O3. The van der Waals surface area contributed by atoms with Crippen molar-refractivity contribution in [3.8, 4) is 11.5 Å². The fourth-order valence-electron chi connectivity index (χ4n) is 2.17. The van der Waals surface area contributed by atoms with Gasteiger partial charge in [0, 0.05) is 12.6 Å². The highest BCUT2D eigenvalue weighted by molar-refractivity contribution is 5.90. The number of benzene rings is 2. The van der Waals surface area contributed by atoms with Crippen LogP contribution in [0.1, 0.15) is 6.92 Å². The molecule has 1 aromatic heterocycles. The second-order valence-corrected chi connectivity index (χ2v) is 5.43. The van der Waals surface area contributed by atoms with Crippen molar-refractivity contribution in [2.75, 3.05) is 10.6 Å². The molecule has 1 heterocycles. The van der Waals surface area contributed by atoms with Gasteiger partial charge in [-0.05, 0) is 36.4 Å². The largest absolute Gasteiger partial charge is 0.457 e. The van der Waals surface area contributed by atoms with E-state index >= 15 is 0 Å². The van der Waals surface area contributed by atoms with Gasteiger partial charge in [0.2, 0.25) is 11.8 Å². The monoisotopic (exact) mass is 351 g/mol. The summed E-state index contributed by atoms with van der Waals surface area (Å²) in [5, 5.41) is 13.2. The van der Waals surface area contributed by atoms with E-state index in [1.165, 1.54) is 17.9 Å². The van der Waals surface area contributed by atoms with Crippen molar-refractivity contribution in [2.24, 2.45) is 0 Å². The van der Waals surface area contributed by atoms with Crippen LogP contribution in [-0.4, -0.2) is 26.8 Å². The zero-order valence-corrected chi connectivity index (χ0v) is 14.0. The molecule has 2 aromatic carbocycles. The van der Waals surface area contributed by atoms with Crippen molar-refractivity contribution in [1.29, 1.82) is 0 Å². The average Bonchev–Trinajstić information content (AvgIpc) is 3.03. The molecule has 8 heteroatoms. The number of carbonyl (C=O) groups excluding carboxylic acids is 2. The molecule has 0 aliphatic heterocycles. The van der Waals surface area contributed by atoms with Crippen LogP contribution >= 0.6 is 0 Å². The van der Waals surface area contributed by atoms with Crippen molar-refractivity contribution in [3.05, 3.63) is 60.8 Å². The summed E-state index contributed by atoms with van der Waals surface area (Å²) in [6.45, 7) is 1.30. The van der Waals surface area contributed by atoms with Crippen LogP contribution in [0.5, 0.6) is 11.5 Å². The van der Waals surface area contributed by atoms with Gasteiger partial charge in [-0.25, -0.2) is 0 Å². The van der Waals surface area contributed by atoms with Gasteiger partial charge in [0.05, 0.1) is 6.20 Å². The third-order valence-electron chi connectivity index (χ3n) is 3.24. The highest BCUT2D eigenvalue weighted by Crippen LogP contribution is 2.22. The minimum atomic E-state index is -0.285. The Morgan fingerprint density at radius 2 is 1.69 bits per heavy atom. The number of nitrogens with zero attached hydrogens (tertiary/aromatic N) is 3. The number of hydrogen-bond acceptors (Lipinski definition) is 5. The van der Waals surface area contributed by atoms with Crippen LogP contribution in [0.15, 0.2) is 60.8 Å². The van der Waals surface area contributed by atoms with E-state index in [-0.39, 0.29) is 18.4 Å². The zero-order valence-electron chi connectivity index (χ0n) is 14.0. The molecule has 0 aliphatic carbocycles. The molecule has 0 radical (unpaired) electrons. The summed E-state index contributed by atoms with van der Waals surface area (Å²) in [7, 11) is 0. The van der Waals surface area contributed by atoms with Crippen molar-refractivity contribution in [3.63, 3.8) is 0 Å². The van der Waals surface area contributed by atoms with Crippen molar-refractivity contribution < 1.29 is 14.3 Å². The molecule has 3 aromatic rings. The molecule has 0 saturated heterocycles. The third-order valence-corrected chi connectivity index (χ3v) is 3.24. The predicted octanol–water partition coefficient (Wildman–Crippen LogP) is 2.67. The standard InChI is InChI=1S/C18H17N5O3/c1-13(24)20-17-11-19-23(22-17)12-18(25)21-14-7-9-16(10-8-14)26-15-5-3-2-4-6-15/h2-11H,12H2,1H3,(H,21,25)(H,20,22,24). The summed E-state index contributed by atoms with van der Waals surface area (Å²) >= 11 is 0. The number of aromatic nitrogens is 3. The fourth-order valence-corrected chi connectivity index (χ4v) is 2.17. The normalized spacial score (nSPS) is 10.2. The number of para-hydroxylation sites is 1. The average molecular weight is 351 g/mol. The number of anilines is 2. The molecule has 2 N–H and O–H groups in total. The Bertz CT molecular complexity index is 891. The minimum Gasteiger partial charge on any atom is -0.457 e. The fraction of sp³-hybridized carbons (Fsp3) is 0.111. The van der Waals surface area contributed by atoms with Gasteiger partial charge < -0.3 is 15.4 Å². The molecule has 0 atom stereocenters. The highest BCUT2D eigenvalue weighted by atomic mass is 16.5. The topological polar surface area (TPSA) is 98.1 Å². The van der Waals surface area contributed by atoms with Gasteiger partial charge >= 0.3 is 0 Å². The third kappa shape index (κ3) is 4.91. The first kappa shape index (κ1) is 17.2. The van der Waals surface area contributed by atoms with E-state index < -0.39 is 0 Å². The van der Waals surface area contributed by atoms with E-state index in [4.69, 9.17) is 4.74 Å². The van der Waals surface area contributed by atoms with Gasteiger partial charge in [0.25, 0.3) is 0 Å². The van der Waals surface area contributed by atoms with E-state index in [2.05, 4.69) is 20.8 Å². The lowest BCUT2D eigenvalue weighted by molar-refractivity contribution is -0.117. The number of carbonyl (C=O) groups is 2. The molecule has 3 rings (SSSR count). The molecule has 8 nitrogen and oxygen atoms in total. The molecule has 2 amide bonds. The Balaban J connectivity index is 1.54. The van der Waals surface area contributed by atoms with Crippen LogP contribution in [0.2, 0.25) is 0 Å². The molecule has 0 fully saturated rings. The Hall–Kier alpha value is -3.68. The maximum Gasteiger partial charge on any atom is 0.247 e. The van der Waals surface area contributed by atoms with E-state index in [1.807, 2.05) is 30.3 Å². The van der Waals surface area contributed by atoms with E-state index in [1.54, 1.807) is 24.3 Å². The minimum absolute atomic E-state index is 0.0676. The number of nitrogens with one attached hydrogen (secondary N) is 2. The molecule has 132 valence electrons. The zero-order chi connectivity index (χ0) is 18.4. The Kier molecular flexibility index (Phi) is 5.23. The molecule has 0 unspecified atom stereocenters. The van der Waals surface area contributed by atoms with Crippen LogP contribution < -0.4 is 15.4 Å². The van der Waals surface area contributed by atoms with E-state index in [0.29, 0.717) is 17.3 Å². The maximum atomic E-state index is 12.1. The van der Waals surface area contributed by atoms with E-state index in [0.717, 1.165) is 5.75 Å². The van der Waals surface area contributed by atoms with Crippen molar-refractivity contribution in [2.45, 2.75) is 13.5 Å². The summed E-state index contributed by atoms with van der Waals surface area (Å²) in [4.78, 5) is 24.2. The summed E-state index contributed by atoms with van der Waals surface area (Å²) < 4.78 is 5.70. The number of ether oxygens (including phenoxy) is 1. The SMILES string of the molecule is CC(=O)Nc1cnn(CC(=O)Nc2ccc(Oc3ccccc3)cc2)n1. The smallest absolute Gasteiger partial charge is 0.247 e. The second kappa shape index (κ2) is 7.93. The Morgan fingerprint density at radius 1 is 1.00 bits per heavy atom. The highest BCUT2D eigenvalue weighted by Gasteiger charge is 2.08. The molecule has 0 spiro atoms. The van der Waals surface area contributed by atoms with Crippen molar-refractivity contribution >= 4 is 23.3 Å². The van der Waals surface area contributed by atoms with Gasteiger partial charge in [-0.15, -0.1) is 5.10 Å². The first-order chi connectivity index (χ1) is 12.6. The van der Waals surface area contributed by atoms with Crippen LogP contribution in [-0.2, 0) is 16.1 Å². The molecule has 0 bridgehead atoms. The van der Waals surface area contributed by atoms with Gasteiger partial charge in [-0.1, -0.05) is 18.2 Å².